The van der Waals surface area contributed by atoms with E-state index in [9.17, 15) is 4.79 Å². The fourth-order valence-electron chi connectivity index (χ4n) is 3.67. The molecule has 3 rings (SSSR count). The summed E-state index contributed by atoms with van der Waals surface area (Å²) in [4.78, 5) is 15.3. The Balaban J connectivity index is 0.00000261. The van der Waals surface area contributed by atoms with Gasteiger partial charge in [-0.25, -0.2) is 0 Å². The van der Waals surface area contributed by atoms with Crippen LogP contribution < -0.4 is 10.6 Å². The van der Waals surface area contributed by atoms with Gasteiger partial charge in [-0.05, 0) is 44.5 Å². The molecule has 0 aliphatic carbocycles. The average molecular weight is 388 g/mol. The highest BCUT2D eigenvalue weighted by Gasteiger charge is 2.28. The van der Waals surface area contributed by atoms with E-state index in [1.807, 2.05) is 50.4 Å². The molecule has 2 aromatic carbocycles. The molecule has 2 unspecified atom stereocenters. The summed E-state index contributed by atoms with van der Waals surface area (Å²) in [6, 6.07) is 20.6. The number of halogens is 1. The van der Waals surface area contributed by atoms with Crippen molar-refractivity contribution in [3.8, 4) is 0 Å². The third-order valence-electron chi connectivity index (χ3n) is 5.34. The number of carbonyl (C=O) groups is 1. The topological polar surface area (TPSA) is 44.4 Å². The molecule has 1 aliphatic rings. The van der Waals surface area contributed by atoms with Crippen LogP contribution in [0.4, 0.5) is 0 Å². The zero-order chi connectivity index (χ0) is 18.4. The van der Waals surface area contributed by atoms with Crippen molar-refractivity contribution >= 4 is 18.3 Å². The maximum absolute atomic E-state index is 13.0. The van der Waals surface area contributed by atoms with E-state index in [2.05, 4.69) is 39.8 Å². The Morgan fingerprint density at radius 2 is 1.59 bits per heavy atom. The van der Waals surface area contributed by atoms with Crippen LogP contribution in [-0.2, 0) is 4.79 Å². The fourth-order valence-corrected chi connectivity index (χ4v) is 3.67. The van der Waals surface area contributed by atoms with Gasteiger partial charge in [0.25, 0.3) is 0 Å². The van der Waals surface area contributed by atoms with Gasteiger partial charge in [-0.3, -0.25) is 9.69 Å². The molecule has 1 aliphatic heterocycles. The van der Waals surface area contributed by atoms with E-state index in [4.69, 9.17) is 0 Å². The molecule has 146 valence electrons. The first-order valence-electron chi connectivity index (χ1n) is 9.50. The molecule has 1 saturated heterocycles. The van der Waals surface area contributed by atoms with Gasteiger partial charge in [0.1, 0.15) is 0 Å². The lowest BCUT2D eigenvalue weighted by atomic mass is 9.98. The van der Waals surface area contributed by atoms with Crippen molar-refractivity contribution in [3.05, 3.63) is 71.8 Å². The number of piperidine rings is 1. The SMILES string of the molecule is CNC1CCCN(C(C)C(=O)NC(c2ccccc2)c2ccccc2)C1.Cl. The Kier molecular flexibility index (Phi) is 8.29. The van der Waals surface area contributed by atoms with E-state index < -0.39 is 0 Å². The summed E-state index contributed by atoms with van der Waals surface area (Å²) >= 11 is 0. The minimum atomic E-state index is -0.138. The summed E-state index contributed by atoms with van der Waals surface area (Å²) in [6.07, 6.45) is 2.31. The number of amides is 1. The first kappa shape index (κ1) is 21.4. The average Bonchev–Trinajstić information content (AvgIpc) is 2.72. The third-order valence-corrected chi connectivity index (χ3v) is 5.34. The predicted octanol–water partition coefficient (Wildman–Crippen LogP) is 3.39. The number of hydrogen-bond acceptors (Lipinski definition) is 3. The number of likely N-dealkylation sites (tertiary alicyclic amines) is 1. The molecule has 0 aromatic heterocycles. The highest BCUT2D eigenvalue weighted by atomic mass is 35.5. The molecule has 1 fully saturated rings. The minimum absolute atomic E-state index is 0. The maximum atomic E-state index is 13.0. The second-order valence-electron chi connectivity index (χ2n) is 7.06. The Morgan fingerprint density at radius 1 is 1.04 bits per heavy atom. The van der Waals surface area contributed by atoms with Gasteiger partial charge in [-0.15, -0.1) is 12.4 Å². The van der Waals surface area contributed by atoms with Gasteiger partial charge in [0.05, 0.1) is 12.1 Å². The van der Waals surface area contributed by atoms with Gasteiger partial charge in [-0.2, -0.15) is 0 Å². The van der Waals surface area contributed by atoms with Crippen LogP contribution >= 0.6 is 12.4 Å². The Labute approximate surface area is 168 Å². The van der Waals surface area contributed by atoms with Gasteiger partial charge >= 0.3 is 0 Å². The van der Waals surface area contributed by atoms with E-state index >= 15 is 0 Å². The number of benzene rings is 2. The number of nitrogens with one attached hydrogen (secondary N) is 2. The van der Waals surface area contributed by atoms with Gasteiger partial charge in [0.2, 0.25) is 5.91 Å². The standard InChI is InChI=1S/C22H29N3O.ClH/c1-17(25-15-9-14-20(16-25)23-2)22(26)24-21(18-10-5-3-6-11-18)19-12-7-4-8-13-19;/h3-8,10-13,17,20-21,23H,9,14-16H2,1-2H3,(H,24,26);1H. The first-order valence-corrected chi connectivity index (χ1v) is 9.50. The molecular formula is C22H30ClN3O. The van der Waals surface area contributed by atoms with Crippen molar-refractivity contribution in [2.75, 3.05) is 20.1 Å². The van der Waals surface area contributed by atoms with E-state index in [1.54, 1.807) is 0 Å². The van der Waals surface area contributed by atoms with Crippen molar-refractivity contribution in [1.29, 1.82) is 0 Å². The number of rotatable bonds is 6. The largest absolute Gasteiger partial charge is 0.344 e. The number of hydrogen-bond donors (Lipinski definition) is 2. The van der Waals surface area contributed by atoms with Crippen LogP contribution in [-0.4, -0.2) is 43.0 Å². The molecule has 2 N–H and O–H groups in total. The quantitative estimate of drug-likeness (QED) is 0.798. The number of nitrogens with zero attached hydrogens (tertiary/aromatic N) is 1. The summed E-state index contributed by atoms with van der Waals surface area (Å²) in [5.74, 6) is 0.0828. The zero-order valence-corrected chi connectivity index (χ0v) is 16.9. The lowest BCUT2D eigenvalue weighted by molar-refractivity contribution is -0.126. The summed E-state index contributed by atoms with van der Waals surface area (Å²) < 4.78 is 0. The zero-order valence-electron chi connectivity index (χ0n) is 16.1. The van der Waals surface area contributed by atoms with E-state index in [-0.39, 0.29) is 30.4 Å². The molecular weight excluding hydrogens is 358 g/mol. The molecule has 2 aromatic rings. The maximum Gasteiger partial charge on any atom is 0.237 e. The predicted molar refractivity (Wildman–Crippen MR) is 113 cm³/mol. The summed E-state index contributed by atoms with van der Waals surface area (Å²) in [5, 5.41) is 6.63. The van der Waals surface area contributed by atoms with Gasteiger partial charge in [0, 0.05) is 12.6 Å². The smallest absolute Gasteiger partial charge is 0.237 e. The van der Waals surface area contributed by atoms with Crippen molar-refractivity contribution in [2.45, 2.75) is 37.9 Å². The highest BCUT2D eigenvalue weighted by Crippen LogP contribution is 2.22. The normalized spacial score (nSPS) is 18.6. The van der Waals surface area contributed by atoms with Crippen LogP contribution in [0.15, 0.2) is 60.7 Å². The van der Waals surface area contributed by atoms with E-state index in [0.29, 0.717) is 6.04 Å². The van der Waals surface area contributed by atoms with Crippen LogP contribution in [0.3, 0.4) is 0 Å². The van der Waals surface area contributed by atoms with Gasteiger partial charge in [0.15, 0.2) is 0 Å². The van der Waals surface area contributed by atoms with Crippen molar-refractivity contribution in [3.63, 3.8) is 0 Å². The summed E-state index contributed by atoms with van der Waals surface area (Å²) in [5.41, 5.74) is 2.21. The van der Waals surface area contributed by atoms with Crippen LogP contribution in [0.25, 0.3) is 0 Å². The lowest BCUT2D eigenvalue weighted by Gasteiger charge is -2.36. The van der Waals surface area contributed by atoms with Crippen LogP contribution in [0.5, 0.6) is 0 Å². The Bertz CT molecular complexity index is 656. The third kappa shape index (κ3) is 5.55. The second kappa shape index (κ2) is 10.5. The van der Waals surface area contributed by atoms with Crippen LogP contribution in [0.1, 0.15) is 36.9 Å². The van der Waals surface area contributed by atoms with Crippen molar-refractivity contribution in [1.82, 2.24) is 15.5 Å². The monoisotopic (exact) mass is 387 g/mol. The van der Waals surface area contributed by atoms with E-state index in [1.165, 1.54) is 6.42 Å². The molecule has 0 bridgehead atoms. The number of carbonyl (C=O) groups excluding carboxylic acids is 1. The van der Waals surface area contributed by atoms with Crippen LogP contribution in [0.2, 0.25) is 0 Å². The Hall–Kier alpha value is -1.88. The molecule has 5 heteroatoms. The van der Waals surface area contributed by atoms with Crippen molar-refractivity contribution in [2.24, 2.45) is 0 Å². The summed E-state index contributed by atoms with van der Waals surface area (Å²) in [6.45, 7) is 3.92. The number of likely N-dealkylation sites (N-methyl/N-ethyl adjacent to an activating group) is 1. The van der Waals surface area contributed by atoms with Gasteiger partial charge in [-0.1, -0.05) is 60.7 Å². The van der Waals surface area contributed by atoms with Crippen molar-refractivity contribution < 1.29 is 4.79 Å². The molecule has 0 saturated carbocycles. The molecule has 4 nitrogen and oxygen atoms in total. The molecule has 27 heavy (non-hydrogen) atoms. The molecule has 1 amide bonds. The van der Waals surface area contributed by atoms with E-state index in [0.717, 1.165) is 30.6 Å². The lowest BCUT2D eigenvalue weighted by Crippen LogP contribution is -2.53. The Morgan fingerprint density at radius 3 is 2.11 bits per heavy atom. The fraction of sp³-hybridized carbons (Fsp3) is 0.409. The molecule has 2 atom stereocenters. The molecule has 1 heterocycles. The first-order chi connectivity index (χ1) is 12.7. The molecule has 0 spiro atoms. The minimum Gasteiger partial charge on any atom is -0.344 e. The summed E-state index contributed by atoms with van der Waals surface area (Å²) in [7, 11) is 2.00. The highest BCUT2D eigenvalue weighted by molar-refractivity contribution is 5.85. The van der Waals surface area contributed by atoms with Gasteiger partial charge < -0.3 is 10.6 Å². The molecule has 0 radical (unpaired) electrons. The second-order valence-corrected chi connectivity index (χ2v) is 7.06. The van der Waals surface area contributed by atoms with Crippen LogP contribution in [0, 0.1) is 0 Å².